The van der Waals surface area contributed by atoms with Crippen molar-refractivity contribution in [1.82, 2.24) is 0 Å². The molecule has 0 aromatic heterocycles. The number of carbonyl (C=O) groups excluding carboxylic acids is 1. The zero-order valence-electron chi connectivity index (χ0n) is 14.8. The van der Waals surface area contributed by atoms with Gasteiger partial charge in [0, 0.05) is 17.3 Å². The minimum absolute atomic E-state index is 0.107. The van der Waals surface area contributed by atoms with Gasteiger partial charge in [-0.2, -0.15) is 0 Å². The molecule has 0 radical (unpaired) electrons. The van der Waals surface area contributed by atoms with Gasteiger partial charge in [-0.15, -0.1) is 0 Å². The molecule has 1 aliphatic rings. The first-order chi connectivity index (χ1) is 12.7. The van der Waals surface area contributed by atoms with Crippen molar-refractivity contribution < 1.29 is 22.3 Å². The number of anilines is 1. The summed E-state index contributed by atoms with van der Waals surface area (Å²) in [5.41, 5.74) is 2.26. The minimum Gasteiger partial charge on any atom is -0.462 e. The Hall–Kier alpha value is -1.93. The van der Waals surface area contributed by atoms with Crippen LogP contribution in [0.2, 0.25) is 0 Å². The lowest BCUT2D eigenvalue weighted by atomic mass is 9.81. The molecule has 2 aromatic rings. The van der Waals surface area contributed by atoms with Gasteiger partial charge >= 0.3 is 5.97 Å². The van der Waals surface area contributed by atoms with E-state index in [9.17, 15) is 17.6 Å². The van der Waals surface area contributed by atoms with Crippen molar-refractivity contribution >= 4 is 37.6 Å². The third-order valence-electron chi connectivity index (χ3n) is 4.67. The molecular weight excluding hydrogens is 437 g/mol. The molecule has 0 heterocycles. The minimum atomic E-state index is -4.08. The molecule has 0 bridgehead atoms. The highest BCUT2D eigenvalue weighted by molar-refractivity contribution is 9.10. The van der Waals surface area contributed by atoms with Gasteiger partial charge in [0.2, 0.25) is 0 Å². The summed E-state index contributed by atoms with van der Waals surface area (Å²) >= 11 is 3.48. The number of ether oxygens (including phenoxy) is 1. The third kappa shape index (κ3) is 4.01. The molecule has 2 atom stereocenters. The third-order valence-corrected chi connectivity index (χ3v) is 6.92. The molecule has 2 aromatic carbocycles. The highest BCUT2D eigenvalue weighted by Crippen LogP contribution is 2.42. The smallest absolute Gasteiger partial charge is 0.302 e. The van der Waals surface area contributed by atoms with Crippen LogP contribution in [0.4, 0.5) is 10.1 Å². The molecule has 0 aliphatic heterocycles. The van der Waals surface area contributed by atoms with Crippen LogP contribution < -0.4 is 4.72 Å². The maximum Gasteiger partial charge on any atom is 0.302 e. The summed E-state index contributed by atoms with van der Waals surface area (Å²) in [7, 11) is -4.08. The second-order valence-electron chi connectivity index (χ2n) is 6.51. The van der Waals surface area contributed by atoms with Crippen LogP contribution in [0.15, 0.2) is 45.8 Å². The molecule has 0 fully saturated rings. The summed E-state index contributed by atoms with van der Waals surface area (Å²) in [6, 6.07) is 8.71. The largest absolute Gasteiger partial charge is 0.462 e. The van der Waals surface area contributed by atoms with Crippen LogP contribution in [0.25, 0.3) is 0 Å². The normalized spacial score (nSPS) is 19.3. The SMILES string of the molecule is CC(=O)OC1CCc2ccc(NS(=O)(=O)c3ccccc3F)c(Br)c2C1C. The lowest BCUT2D eigenvalue weighted by molar-refractivity contribution is -0.147. The molecule has 0 amide bonds. The second kappa shape index (κ2) is 7.59. The molecule has 0 saturated heterocycles. The van der Waals surface area contributed by atoms with Crippen molar-refractivity contribution in [3.05, 3.63) is 57.8 Å². The average Bonchev–Trinajstić information content (AvgIpc) is 2.59. The number of carbonyl (C=O) groups is 1. The maximum atomic E-state index is 13.9. The number of nitrogens with one attached hydrogen (secondary N) is 1. The number of esters is 1. The number of hydrogen-bond acceptors (Lipinski definition) is 4. The Kier molecular flexibility index (Phi) is 5.58. The van der Waals surface area contributed by atoms with E-state index in [0.29, 0.717) is 16.6 Å². The molecule has 0 spiro atoms. The van der Waals surface area contributed by atoms with E-state index in [1.165, 1.54) is 25.1 Å². The summed E-state index contributed by atoms with van der Waals surface area (Å²) in [5, 5.41) is 0. The molecule has 1 aliphatic carbocycles. The maximum absolute atomic E-state index is 13.9. The second-order valence-corrected chi connectivity index (χ2v) is 8.95. The molecule has 8 heteroatoms. The predicted octanol–water partition coefficient (Wildman–Crippen LogP) is 4.37. The zero-order valence-corrected chi connectivity index (χ0v) is 17.2. The van der Waals surface area contributed by atoms with Gasteiger partial charge in [-0.25, -0.2) is 12.8 Å². The van der Waals surface area contributed by atoms with Crippen LogP contribution in [0.5, 0.6) is 0 Å². The fraction of sp³-hybridized carbons (Fsp3) is 0.316. The van der Waals surface area contributed by atoms with Crippen LogP contribution in [0.3, 0.4) is 0 Å². The Bertz CT molecular complexity index is 993. The number of aryl methyl sites for hydroxylation is 1. The first-order valence-corrected chi connectivity index (χ1v) is 10.7. The van der Waals surface area contributed by atoms with Gasteiger partial charge in [-0.3, -0.25) is 9.52 Å². The summed E-state index contributed by atoms with van der Waals surface area (Å²) in [5.74, 6) is -1.27. The fourth-order valence-electron chi connectivity index (χ4n) is 3.39. The average molecular weight is 456 g/mol. The Balaban J connectivity index is 1.97. The van der Waals surface area contributed by atoms with Crippen LogP contribution in [0.1, 0.15) is 37.3 Å². The van der Waals surface area contributed by atoms with E-state index in [1.54, 1.807) is 6.07 Å². The molecule has 27 heavy (non-hydrogen) atoms. The van der Waals surface area contributed by atoms with Crippen molar-refractivity contribution in [2.45, 2.75) is 43.6 Å². The summed E-state index contributed by atoms with van der Waals surface area (Å²) < 4.78 is 47.5. The Morgan fingerprint density at radius 3 is 2.63 bits per heavy atom. The lowest BCUT2D eigenvalue weighted by Gasteiger charge is -2.32. The number of fused-ring (bicyclic) bond motifs is 1. The quantitative estimate of drug-likeness (QED) is 0.694. The molecule has 1 N–H and O–H groups in total. The van der Waals surface area contributed by atoms with E-state index >= 15 is 0 Å². The van der Waals surface area contributed by atoms with E-state index in [0.717, 1.165) is 23.6 Å². The summed E-state index contributed by atoms with van der Waals surface area (Å²) in [6.45, 7) is 3.31. The first-order valence-electron chi connectivity index (χ1n) is 8.46. The Morgan fingerprint density at radius 1 is 1.26 bits per heavy atom. The summed E-state index contributed by atoms with van der Waals surface area (Å²) in [6.07, 6.45) is 1.15. The van der Waals surface area contributed by atoms with Crippen molar-refractivity contribution in [2.75, 3.05) is 4.72 Å². The van der Waals surface area contributed by atoms with Crippen LogP contribution in [-0.2, 0) is 26.0 Å². The van der Waals surface area contributed by atoms with Crippen molar-refractivity contribution in [3.8, 4) is 0 Å². The van der Waals surface area contributed by atoms with E-state index in [2.05, 4.69) is 20.7 Å². The van der Waals surface area contributed by atoms with Gasteiger partial charge in [0.25, 0.3) is 10.0 Å². The predicted molar refractivity (Wildman–Crippen MR) is 104 cm³/mol. The number of rotatable bonds is 4. The van der Waals surface area contributed by atoms with Gasteiger partial charge in [-0.1, -0.05) is 25.1 Å². The molecule has 0 saturated carbocycles. The van der Waals surface area contributed by atoms with Gasteiger partial charge in [0.05, 0.1) is 5.69 Å². The van der Waals surface area contributed by atoms with Crippen molar-refractivity contribution in [1.29, 1.82) is 0 Å². The Morgan fingerprint density at radius 2 is 1.96 bits per heavy atom. The van der Waals surface area contributed by atoms with E-state index in [4.69, 9.17) is 4.74 Å². The number of halogens is 2. The van der Waals surface area contributed by atoms with Crippen LogP contribution >= 0.6 is 15.9 Å². The van der Waals surface area contributed by atoms with Crippen molar-refractivity contribution in [3.63, 3.8) is 0 Å². The highest BCUT2D eigenvalue weighted by atomic mass is 79.9. The first kappa shape index (κ1) is 19.8. The standard InChI is InChI=1S/C19H19BrFNO4S/c1-11-16(26-12(2)23)10-8-13-7-9-15(19(20)18(11)13)22-27(24,25)17-6-4-3-5-14(17)21/h3-7,9,11,16,22H,8,10H2,1-2H3. The number of hydrogen-bond donors (Lipinski definition) is 1. The molecular formula is C19H19BrFNO4S. The monoisotopic (exact) mass is 455 g/mol. The Labute approximate surface area is 166 Å². The molecule has 5 nitrogen and oxygen atoms in total. The van der Waals surface area contributed by atoms with E-state index < -0.39 is 20.7 Å². The lowest BCUT2D eigenvalue weighted by Crippen LogP contribution is -2.28. The topological polar surface area (TPSA) is 72.5 Å². The fourth-order valence-corrected chi connectivity index (χ4v) is 5.52. The molecule has 3 rings (SSSR count). The number of sulfonamides is 1. The van der Waals surface area contributed by atoms with Gasteiger partial charge in [0.15, 0.2) is 0 Å². The summed E-state index contributed by atoms with van der Waals surface area (Å²) in [4.78, 5) is 10.9. The number of benzene rings is 2. The van der Waals surface area contributed by atoms with Crippen LogP contribution in [0, 0.1) is 5.82 Å². The van der Waals surface area contributed by atoms with Crippen LogP contribution in [-0.4, -0.2) is 20.5 Å². The van der Waals surface area contributed by atoms with E-state index in [1.807, 2.05) is 13.0 Å². The highest BCUT2D eigenvalue weighted by Gasteiger charge is 2.31. The van der Waals surface area contributed by atoms with E-state index in [-0.39, 0.29) is 18.0 Å². The zero-order chi connectivity index (χ0) is 19.8. The molecule has 144 valence electrons. The van der Waals surface area contributed by atoms with Gasteiger partial charge < -0.3 is 4.74 Å². The molecule has 2 unspecified atom stereocenters. The van der Waals surface area contributed by atoms with Crippen molar-refractivity contribution in [2.24, 2.45) is 0 Å². The van der Waals surface area contributed by atoms with Gasteiger partial charge in [0.1, 0.15) is 16.8 Å². The van der Waals surface area contributed by atoms with Gasteiger partial charge in [-0.05, 0) is 58.1 Å².